The molecule has 0 aliphatic carbocycles. The number of hydrogen-bond acceptors (Lipinski definition) is 3. The van der Waals surface area contributed by atoms with Gasteiger partial charge >= 0.3 is 5.97 Å². The number of fused-ring (bicyclic) bond motifs is 1. The molecule has 6 heteroatoms. The van der Waals surface area contributed by atoms with Gasteiger partial charge < -0.3 is 10.4 Å². The minimum atomic E-state index is -0.975. The van der Waals surface area contributed by atoms with Crippen molar-refractivity contribution in [1.82, 2.24) is 15.1 Å². The van der Waals surface area contributed by atoms with Crippen LogP contribution in [-0.2, 0) is 11.8 Å². The molecule has 3 rings (SSSR count). The summed E-state index contributed by atoms with van der Waals surface area (Å²) < 4.78 is 1.68. The van der Waals surface area contributed by atoms with E-state index in [4.69, 9.17) is 0 Å². The number of nitrogens with zero attached hydrogens (tertiary/aromatic N) is 2. The summed E-state index contributed by atoms with van der Waals surface area (Å²) in [5, 5.41) is 18.4. The summed E-state index contributed by atoms with van der Waals surface area (Å²) in [6.45, 7) is 4.06. The molecule has 0 aliphatic rings. The van der Waals surface area contributed by atoms with Crippen LogP contribution in [0.4, 0.5) is 0 Å². The number of aryl methyl sites for hydroxylation is 1. The van der Waals surface area contributed by atoms with Crippen LogP contribution in [0, 0.1) is 0 Å². The second-order valence-corrected chi connectivity index (χ2v) is 6.93. The number of benzene rings is 2. The molecule has 1 amide bonds. The lowest BCUT2D eigenvalue weighted by atomic mass is 9.96. The highest BCUT2D eigenvalue weighted by Crippen LogP contribution is 2.27. The molecule has 0 saturated heterocycles. The van der Waals surface area contributed by atoms with Crippen molar-refractivity contribution >= 4 is 22.6 Å². The van der Waals surface area contributed by atoms with Gasteiger partial charge in [-0.2, -0.15) is 5.10 Å². The molecule has 6 nitrogen and oxygen atoms in total. The van der Waals surface area contributed by atoms with Crippen LogP contribution >= 0.6 is 0 Å². The number of rotatable bonds is 6. The molecule has 1 aromatic heterocycles. The van der Waals surface area contributed by atoms with Crippen LogP contribution in [0.1, 0.15) is 54.0 Å². The Balaban J connectivity index is 1.95. The largest absolute Gasteiger partial charge is 0.481 e. The highest BCUT2D eigenvalue weighted by Gasteiger charge is 2.23. The fourth-order valence-electron chi connectivity index (χ4n) is 3.33. The van der Waals surface area contributed by atoms with E-state index in [0.29, 0.717) is 0 Å². The molecule has 0 bridgehead atoms. The molecule has 1 heterocycles. The van der Waals surface area contributed by atoms with Crippen molar-refractivity contribution in [3.8, 4) is 0 Å². The van der Waals surface area contributed by atoms with Gasteiger partial charge in [-0.25, -0.2) is 0 Å². The monoisotopic (exact) mass is 365 g/mol. The van der Waals surface area contributed by atoms with E-state index in [2.05, 4.69) is 10.4 Å². The van der Waals surface area contributed by atoms with E-state index in [0.717, 1.165) is 22.0 Å². The van der Waals surface area contributed by atoms with E-state index in [1.54, 1.807) is 17.8 Å². The number of carbonyl (C=O) groups excluding carboxylic acids is 1. The molecule has 27 heavy (non-hydrogen) atoms. The average Bonchev–Trinajstić information content (AvgIpc) is 3.02. The number of carboxylic acid groups (broad SMARTS) is 1. The summed E-state index contributed by atoms with van der Waals surface area (Å²) in [4.78, 5) is 24.2. The predicted molar refractivity (Wildman–Crippen MR) is 104 cm³/mol. The summed E-state index contributed by atoms with van der Waals surface area (Å²) in [6.07, 6.45) is -0.205. The van der Waals surface area contributed by atoms with E-state index >= 15 is 0 Å². The van der Waals surface area contributed by atoms with Gasteiger partial charge in [0.1, 0.15) is 5.69 Å². The van der Waals surface area contributed by atoms with E-state index in [9.17, 15) is 14.7 Å². The topological polar surface area (TPSA) is 84.2 Å². The Hall–Kier alpha value is -3.15. The molecule has 0 radical (unpaired) electrons. The first kappa shape index (κ1) is 18.6. The van der Waals surface area contributed by atoms with E-state index in [-0.39, 0.29) is 23.9 Å². The fourth-order valence-corrected chi connectivity index (χ4v) is 3.33. The molecule has 0 fully saturated rings. The fraction of sp³-hybridized carbons (Fsp3) is 0.286. The maximum absolute atomic E-state index is 12.8. The maximum atomic E-state index is 12.8. The van der Waals surface area contributed by atoms with Crippen molar-refractivity contribution in [2.24, 2.45) is 7.05 Å². The molecule has 0 spiro atoms. The van der Waals surface area contributed by atoms with Crippen LogP contribution in [0.5, 0.6) is 0 Å². The molecule has 3 aromatic rings. The summed E-state index contributed by atoms with van der Waals surface area (Å²) in [7, 11) is 1.80. The lowest BCUT2D eigenvalue weighted by Gasteiger charge is -2.19. The standard InChI is InChI=1S/C21H23N3O3/c1-13(2)19-11-18(23-24(19)3)21(27)22-17(12-20(25)26)16-10-6-8-14-7-4-5-9-15(14)16/h4-11,13,17H,12H2,1-3H3,(H,22,27)(H,25,26)/t17-/m1/s1. The van der Waals surface area contributed by atoms with Crippen molar-refractivity contribution in [2.45, 2.75) is 32.2 Å². The van der Waals surface area contributed by atoms with Crippen LogP contribution in [0.2, 0.25) is 0 Å². The van der Waals surface area contributed by atoms with E-state index < -0.39 is 12.0 Å². The average molecular weight is 365 g/mol. The number of aromatic nitrogens is 2. The Kier molecular flexibility index (Phi) is 5.26. The highest BCUT2D eigenvalue weighted by molar-refractivity contribution is 5.94. The molecule has 0 aliphatic heterocycles. The van der Waals surface area contributed by atoms with Gasteiger partial charge in [0.2, 0.25) is 0 Å². The Morgan fingerprint density at radius 1 is 1.15 bits per heavy atom. The molecule has 1 atom stereocenters. The number of carboxylic acids is 1. The zero-order valence-corrected chi connectivity index (χ0v) is 15.6. The van der Waals surface area contributed by atoms with Gasteiger partial charge in [0.25, 0.3) is 5.91 Å². The van der Waals surface area contributed by atoms with Crippen LogP contribution in [0.15, 0.2) is 48.5 Å². The minimum absolute atomic E-state index is 0.205. The maximum Gasteiger partial charge on any atom is 0.305 e. The summed E-state index contributed by atoms with van der Waals surface area (Å²) in [6, 6.07) is 14.5. The molecule has 0 saturated carbocycles. The van der Waals surface area contributed by atoms with Gasteiger partial charge in [0.05, 0.1) is 12.5 Å². The van der Waals surface area contributed by atoms with Gasteiger partial charge in [-0.15, -0.1) is 0 Å². The zero-order valence-electron chi connectivity index (χ0n) is 15.6. The lowest BCUT2D eigenvalue weighted by Crippen LogP contribution is -2.30. The molecule has 0 unspecified atom stereocenters. The molecule has 2 aromatic carbocycles. The van der Waals surface area contributed by atoms with Crippen LogP contribution < -0.4 is 5.32 Å². The van der Waals surface area contributed by atoms with Gasteiger partial charge in [-0.1, -0.05) is 56.3 Å². The van der Waals surface area contributed by atoms with Gasteiger partial charge in [0.15, 0.2) is 0 Å². The molecular weight excluding hydrogens is 342 g/mol. The van der Waals surface area contributed by atoms with E-state index in [1.807, 2.05) is 56.3 Å². The number of nitrogens with one attached hydrogen (secondary N) is 1. The second kappa shape index (κ2) is 7.61. The molecule has 140 valence electrons. The normalized spacial score (nSPS) is 12.3. The Bertz CT molecular complexity index is 986. The van der Waals surface area contributed by atoms with Crippen molar-refractivity contribution < 1.29 is 14.7 Å². The smallest absolute Gasteiger partial charge is 0.305 e. The van der Waals surface area contributed by atoms with Crippen molar-refractivity contribution in [3.63, 3.8) is 0 Å². The summed E-state index contributed by atoms with van der Waals surface area (Å²) >= 11 is 0. The lowest BCUT2D eigenvalue weighted by molar-refractivity contribution is -0.137. The number of carbonyl (C=O) groups is 2. The number of hydrogen-bond donors (Lipinski definition) is 2. The zero-order chi connectivity index (χ0) is 19.6. The summed E-state index contributed by atoms with van der Waals surface area (Å²) in [5.41, 5.74) is 2.01. The quantitative estimate of drug-likeness (QED) is 0.698. The Morgan fingerprint density at radius 3 is 2.52 bits per heavy atom. The first-order valence-corrected chi connectivity index (χ1v) is 8.91. The Labute approximate surface area is 157 Å². The van der Waals surface area contributed by atoms with Crippen molar-refractivity contribution in [3.05, 3.63) is 65.5 Å². The number of amides is 1. The number of aliphatic carboxylic acids is 1. The van der Waals surface area contributed by atoms with Crippen LogP contribution in [0.25, 0.3) is 10.8 Å². The molecule has 2 N–H and O–H groups in total. The van der Waals surface area contributed by atoms with Crippen molar-refractivity contribution in [2.75, 3.05) is 0 Å². The third-order valence-corrected chi connectivity index (χ3v) is 4.62. The molecular formula is C21H23N3O3. The van der Waals surface area contributed by atoms with Crippen molar-refractivity contribution in [1.29, 1.82) is 0 Å². The van der Waals surface area contributed by atoms with Gasteiger partial charge in [0, 0.05) is 12.7 Å². The first-order chi connectivity index (χ1) is 12.9. The Morgan fingerprint density at radius 2 is 1.85 bits per heavy atom. The SMILES string of the molecule is CC(C)c1cc(C(=O)N[C@H](CC(=O)O)c2cccc3ccccc23)nn1C. The highest BCUT2D eigenvalue weighted by atomic mass is 16.4. The van der Waals surface area contributed by atoms with Gasteiger partial charge in [-0.3, -0.25) is 14.3 Å². The predicted octanol–water partition coefficient (Wildman–Crippen LogP) is 3.64. The van der Waals surface area contributed by atoms with Gasteiger partial charge in [-0.05, 0) is 28.3 Å². The third-order valence-electron chi connectivity index (χ3n) is 4.62. The minimum Gasteiger partial charge on any atom is -0.481 e. The summed E-state index contributed by atoms with van der Waals surface area (Å²) in [5.74, 6) is -1.12. The second-order valence-electron chi connectivity index (χ2n) is 6.93. The van der Waals surface area contributed by atoms with E-state index in [1.165, 1.54) is 0 Å². The first-order valence-electron chi connectivity index (χ1n) is 8.91. The van der Waals surface area contributed by atoms with Crippen LogP contribution in [-0.4, -0.2) is 26.8 Å². The van der Waals surface area contributed by atoms with Crippen LogP contribution in [0.3, 0.4) is 0 Å². The third kappa shape index (κ3) is 4.00.